The molecule has 21 heavy (non-hydrogen) atoms. The highest BCUT2D eigenvalue weighted by atomic mass is 16.1. The lowest BCUT2D eigenvalue weighted by molar-refractivity contribution is -0.121. The van der Waals surface area contributed by atoms with Gasteiger partial charge >= 0.3 is 0 Å². The Morgan fingerprint density at radius 1 is 1.14 bits per heavy atom. The summed E-state index contributed by atoms with van der Waals surface area (Å²) in [5.74, 6) is 1.03. The number of nitrogens with two attached hydrogens (primary N) is 1. The molecule has 1 aliphatic rings. The van der Waals surface area contributed by atoms with Gasteiger partial charge in [-0.15, -0.1) is 0 Å². The zero-order chi connectivity index (χ0) is 15.1. The van der Waals surface area contributed by atoms with Crippen molar-refractivity contribution in [2.75, 3.05) is 0 Å². The third kappa shape index (κ3) is 5.16. The van der Waals surface area contributed by atoms with Crippen LogP contribution in [0.5, 0.6) is 0 Å². The Labute approximate surface area is 128 Å². The molecule has 2 rings (SSSR count). The second-order valence-electron chi connectivity index (χ2n) is 6.27. The Morgan fingerprint density at radius 2 is 1.76 bits per heavy atom. The van der Waals surface area contributed by atoms with E-state index in [2.05, 4.69) is 12.2 Å². The van der Waals surface area contributed by atoms with Crippen LogP contribution in [0.2, 0.25) is 0 Å². The lowest BCUT2D eigenvalue weighted by atomic mass is 9.83. The van der Waals surface area contributed by atoms with Crippen LogP contribution in [0.4, 0.5) is 0 Å². The van der Waals surface area contributed by atoms with Gasteiger partial charge in [-0.05, 0) is 42.7 Å². The Hall–Kier alpha value is -1.35. The van der Waals surface area contributed by atoms with Crippen LogP contribution in [0.15, 0.2) is 24.3 Å². The fourth-order valence-corrected chi connectivity index (χ4v) is 3.26. The van der Waals surface area contributed by atoms with Gasteiger partial charge < -0.3 is 11.1 Å². The molecule has 116 valence electrons. The Balaban J connectivity index is 1.74. The second-order valence-corrected chi connectivity index (χ2v) is 6.27. The molecule has 0 atom stereocenters. The van der Waals surface area contributed by atoms with Gasteiger partial charge in [0.2, 0.25) is 5.91 Å². The molecule has 0 radical (unpaired) electrons. The van der Waals surface area contributed by atoms with E-state index in [1.54, 1.807) is 0 Å². The van der Waals surface area contributed by atoms with Crippen LogP contribution < -0.4 is 11.1 Å². The molecule has 0 aliphatic heterocycles. The van der Waals surface area contributed by atoms with Crippen molar-refractivity contribution < 1.29 is 4.79 Å². The average molecular weight is 288 g/mol. The van der Waals surface area contributed by atoms with E-state index in [-0.39, 0.29) is 5.91 Å². The summed E-state index contributed by atoms with van der Waals surface area (Å²) in [5.41, 5.74) is 7.74. The summed E-state index contributed by atoms with van der Waals surface area (Å²) in [4.78, 5) is 12.1. The molecule has 0 saturated heterocycles. The fraction of sp³-hybridized carbons (Fsp3) is 0.611. The molecule has 3 heteroatoms. The minimum atomic E-state index is 0.148. The van der Waals surface area contributed by atoms with Crippen LogP contribution in [-0.4, -0.2) is 11.9 Å². The van der Waals surface area contributed by atoms with Crippen LogP contribution >= 0.6 is 0 Å². The van der Waals surface area contributed by atoms with Crippen LogP contribution in [0.25, 0.3) is 0 Å². The van der Waals surface area contributed by atoms with Crippen LogP contribution in [0.1, 0.15) is 56.6 Å². The first-order valence-electron chi connectivity index (χ1n) is 8.28. The van der Waals surface area contributed by atoms with Crippen molar-refractivity contribution in [3.05, 3.63) is 35.4 Å². The van der Waals surface area contributed by atoms with Gasteiger partial charge in [0.1, 0.15) is 0 Å². The quantitative estimate of drug-likeness (QED) is 0.845. The molecular weight excluding hydrogens is 260 g/mol. The Morgan fingerprint density at radius 3 is 2.33 bits per heavy atom. The van der Waals surface area contributed by atoms with Gasteiger partial charge in [-0.1, -0.05) is 44.0 Å². The number of nitrogens with one attached hydrogen (secondary N) is 1. The van der Waals surface area contributed by atoms with Crippen molar-refractivity contribution in [3.63, 3.8) is 0 Å². The van der Waals surface area contributed by atoms with E-state index in [9.17, 15) is 4.79 Å². The minimum absolute atomic E-state index is 0.148. The molecule has 1 fully saturated rings. The average Bonchev–Trinajstić information content (AvgIpc) is 2.50. The zero-order valence-corrected chi connectivity index (χ0v) is 13.1. The highest BCUT2D eigenvalue weighted by molar-refractivity contribution is 5.78. The first kappa shape index (κ1) is 16.0. The van der Waals surface area contributed by atoms with Gasteiger partial charge in [0.25, 0.3) is 0 Å². The summed E-state index contributed by atoms with van der Waals surface area (Å²) >= 11 is 0. The number of rotatable bonds is 6. The van der Waals surface area contributed by atoms with Crippen LogP contribution in [-0.2, 0) is 17.8 Å². The molecular formula is C18H28N2O. The van der Waals surface area contributed by atoms with E-state index >= 15 is 0 Å². The first-order chi connectivity index (χ1) is 10.2. The molecule has 0 aromatic heterocycles. The maximum atomic E-state index is 12.1. The van der Waals surface area contributed by atoms with Crippen molar-refractivity contribution in [2.24, 2.45) is 11.7 Å². The lowest BCUT2D eigenvalue weighted by Crippen LogP contribution is -2.38. The van der Waals surface area contributed by atoms with Crippen molar-refractivity contribution in [1.82, 2.24) is 5.32 Å². The SMILES string of the molecule is CCCC1CCC(NC(=O)Cc2ccc(CN)cc2)CC1. The van der Waals surface area contributed by atoms with Crippen LogP contribution in [0, 0.1) is 5.92 Å². The van der Waals surface area contributed by atoms with E-state index in [0.717, 1.165) is 29.9 Å². The van der Waals surface area contributed by atoms with Gasteiger partial charge in [-0.25, -0.2) is 0 Å². The maximum absolute atomic E-state index is 12.1. The maximum Gasteiger partial charge on any atom is 0.224 e. The lowest BCUT2D eigenvalue weighted by Gasteiger charge is -2.29. The summed E-state index contributed by atoms with van der Waals surface area (Å²) < 4.78 is 0. The van der Waals surface area contributed by atoms with E-state index in [1.165, 1.54) is 25.7 Å². The predicted molar refractivity (Wildman–Crippen MR) is 86.8 cm³/mol. The van der Waals surface area contributed by atoms with Gasteiger partial charge in [-0.2, -0.15) is 0 Å². The van der Waals surface area contributed by atoms with Crippen molar-refractivity contribution in [1.29, 1.82) is 0 Å². The highest BCUT2D eigenvalue weighted by Crippen LogP contribution is 2.27. The van der Waals surface area contributed by atoms with Crippen molar-refractivity contribution in [3.8, 4) is 0 Å². The Bertz CT molecular complexity index is 433. The highest BCUT2D eigenvalue weighted by Gasteiger charge is 2.21. The van der Waals surface area contributed by atoms with Gasteiger partial charge in [0.15, 0.2) is 0 Å². The second kappa shape index (κ2) is 8.18. The number of hydrogen-bond donors (Lipinski definition) is 2. The van der Waals surface area contributed by atoms with Gasteiger partial charge in [0, 0.05) is 12.6 Å². The summed E-state index contributed by atoms with van der Waals surface area (Å²) in [5, 5.41) is 3.19. The molecule has 1 saturated carbocycles. The van der Waals surface area contributed by atoms with E-state index in [4.69, 9.17) is 5.73 Å². The predicted octanol–water partition coefficient (Wildman–Crippen LogP) is 3.16. The third-order valence-electron chi connectivity index (χ3n) is 4.53. The topological polar surface area (TPSA) is 55.1 Å². The number of benzene rings is 1. The third-order valence-corrected chi connectivity index (χ3v) is 4.53. The van der Waals surface area contributed by atoms with Crippen molar-refractivity contribution in [2.45, 2.75) is 64.5 Å². The molecule has 0 spiro atoms. The summed E-state index contributed by atoms with van der Waals surface area (Å²) in [6.45, 7) is 2.80. The minimum Gasteiger partial charge on any atom is -0.353 e. The Kier molecular flexibility index (Phi) is 6.24. The summed E-state index contributed by atoms with van der Waals surface area (Å²) in [7, 11) is 0. The molecule has 0 unspecified atom stereocenters. The number of carbonyl (C=O) groups is 1. The number of carbonyl (C=O) groups excluding carboxylic acids is 1. The molecule has 1 aliphatic carbocycles. The van der Waals surface area contributed by atoms with E-state index in [0.29, 0.717) is 19.0 Å². The van der Waals surface area contributed by atoms with E-state index < -0.39 is 0 Å². The molecule has 0 heterocycles. The number of hydrogen-bond acceptors (Lipinski definition) is 2. The smallest absolute Gasteiger partial charge is 0.224 e. The van der Waals surface area contributed by atoms with Crippen molar-refractivity contribution >= 4 is 5.91 Å². The van der Waals surface area contributed by atoms with E-state index in [1.807, 2.05) is 24.3 Å². The first-order valence-corrected chi connectivity index (χ1v) is 8.28. The summed E-state index contributed by atoms with van der Waals surface area (Å²) in [6, 6.07) is 8.38. The molecule has 3 N–H and O–H groups in total. The number of amides is 1. The largest absolute Gasteiger partial charge is 0.353 e. The molecule has 3 nitrogen and oxygen atoms in total. The molecule has 1 aromatic carbocycles. The fourth-order valence-electron chi connectivity index (χ4n) is 3.26. The van der Waals surface area contributed by atoms with Gasteiger partial charge in [-0.3, -0.25) is 4.79 Å². The monoisotopic (exact) mass is 288 g/mol. The molecule has 0 bridgehead atoms. The van der Waals surface area contributed by atoms with Gasteiger partial charge in [0.05, 0.1) is 6.42 Å². The summed E-state index contributed by atoms with van der Waals surface area (Å²) in [6.07, 6.45) is 7.91. The molecule has 1 amide bonds. The zero-order valence-electron chi connectivity index (χ0n) is 13.1. The molecule has 1 aromatic rings. The van der Waals surface area contributed by atoms with Crippen LogP contribution in [0.3, 0.4) is 0 Å². The normalized spacial score (nSPS) is 22.0. The standard InChI is InChI=1S/C18H28N2O/c1-2-3-14-8-10-17(11-9-14)20-18(21)12-15-4-6-16(13-19)7-5-15/h4-7,14,17H,2-3,8-13,19H2,1H3,(H,20,21).